The smallest absolute Gasteiger partial charge is 0.338 e. The Labute approximate surface area is 140 Å². The van der Waals surface area contributed by atoms with Crippen LogP contribution < -0.4 is 10.6 Å². The Morgan fingerprint density at radius 1 is 1.41 bits per heavy atom. The Bertz CT molecular complexity index is 628. The summed E-state index contributed by atoms with van der Waals surface area (Å²) in [6, 6.07) is 6.97. The first-order valence-corrected chi connectivity index (χ1v) is 7.88. The van der Waals surface area contributed by atoms with Crippen LogP contribution >= 0.6 is 23.8 Å². The van der Waals surface area contributed by atoms with Crippen LogP contribution in [0.1, 0.15) is 32.4 Å². The maximum absolute atomic E-state index is 12.5. The van der Waals surface area contributed by atoms with E-state index >= 15 is 0 Å². The number of carbonyl (C=O) groups is 1. The Morgan fingerprint density at radius 3 is 2.73 bits per heavy atom. The van der Waals surface area contributed by atoms with E-state index in [1.54, 1.807) is 6.07 Å². The number of carbonyl (C=O) groups excluding carboxylic acids is 1. The van der Waals surface area contributed by atoms with Crippen LogP contribution in [0.5, 0.6) is 0 Å². The van der Waals surface area contributed by atoms with E-state index in [4.69, 9.17) is 28.6 Å². The predicted molar refractivity (Wildman–Crippen MR) is 91.6 cm³/mol. The second-order valence-electron chi connectivity index (χ2n) is 5.58. The highest BCUT2D eigenvalue weighted by Gasteiger charge is 2.32. The fourth-order valence-electron chi connectivity index (χ4n) is 2.23. The molecule has 0 saturated heterocycles. The first-order chi connectivity index (χ1) is 10.4. The SMILES string of the molecule is CC1=C(C(=O)OCC(C)C)C(c2ccccc2Cl)NC(=S)N1. The van der Waals surface area contributed by atoms with Crippen molar-refractivity contribution in [3.63, 3.8) is 0 Å². The molecule has 22 heavy (non-hydrogen) atoms. The van der Waals surface area contributed by atoms with E-state index in [2.05, 4.69) is 10.6 Å². The summed E-state index contributed by atoms with van der Waals surface area (Å²) in [4.78, 5) is 12.5. The zero-order valence-corrected chi connectivity index (χ0v) is 14.3. The van der Waals surface area contributed by atoms with Crippen LogP contribution in [0.15, 0.2) is 35.5 Å². The van der Waals surface area contributed by atoms with E-state index in [9.17, 15) is 4.79 Å². The second-order valence-corrected chi connectivity index (χ2v) is 6.40. The highest BCUT2D eigenvalue weighted by Crippen LogP contribution is 2.32. The molecule has 0 spiro atoms. The van der Waals surface area contributed by atoms with Crippen LogP contribution in [0.4, 0.5) is 0 Å². The highest BCUT2D eigenvalue weighted by molar-refractivity contribution is 7.80. The second kappa shape index (κ2) is 7.11. The molecule has 1 unspecified atom stereocenters. The molecule has 1 heterocycles. The van der Waals surface area contributed by atoms with Crippen molar-refractivity contribution in [2.75, 3.05) is 6.61 Å². The van der Waals surface area contributed by atoms with Crippen molar-refractivity contribution in [1.29, 1.82) is 0 Å². The fraction of sp³-hybridized carbons (Fsp3) is 0.375. The third kappa shape index (κ3) is 3.78. The van der Waals surface area contributed by atoms with Crippen molar-refractivity contribution in [2.24, 2.45) is 5.92 Å². The van der Waals surface area contributed by atoms with Crippen LogP contribution in [0.25, 0.3) is 0 Å². The third-order valence-electron chi connectivity index (χ3n) is 3.25. The van der Waals surface area contributed by atoms with E-state index in [1.807, 2.05) is 39.0 Å². The standard InChI is InChI=1S/C16H19ClN2O2S/c1-9(2)8-21-15(20)13-10(3)18-16(22)19-14(13)11-6-4-5-7-12(11)17/h4-7,9,14H,8H2,1-3H3,(H2,18,19,22). The normalized spacial score (nSPS) is 18.0. The van der Waals surface area contributed by atoms with Crippen LogP contribution in [-0.4, -0.2) is 17.7 Å². The Morgan fingerprint density at radius 2 is 2.09 bits per heavy atom. The van der Waals surface area contributed by atoms with E-state index in [1.165, 1.54) is 0 Å². The molecular formula is C16H19ClN2O2S. The van der Waals surface area contributed by atoms with Gasteiger partial charge in [0.05, 0.1) is 18.2 Å². The van der Waals surface area contributed by atoms with Crippen LogP contribution in [0.3, 0.4) is 0 Å². The molecule has 2 N–H and O–H groups in total. The molecule has 0 amide bonds. The fourth-order valence-corrected chi connectivity index (χ4v) is 2.74. The van der Waals surface area contributed by atoms with Crippen molar-refractivity contribution in [3.05, 3.63) is 46.1 Å². The summed E-state index contributed by atoms with van der Waals surface area (Å²) in [6.45, 7) is 6.16. The maximum atomic E-state index is 12.5. The van der Waals surface area contributed by atoms with Crippen molar-refractivity contribution in [2.45, 2.75) is 26.8 Å². The first-order valence-electron chi connectivity index (χ1n) is 7.10. The molecule has 1 atom stereocenters. The first kappa shape index (κ1) is 16.8. The Hall–Kier alpha value is -1.59. The minimum absolute atomic E-state index is 0.272. The lowest BCUT2D eigenvalue weighted by molar-refractivity contribution is -0.140. The molecule has 2 rings (SSSR count). The molecule has 1 aromatic rings. The topological polar surface area (TPSA) is 50.4 Å². The van der Waals surface area contributed by atoms with Gasteiger partial charge in [-0.2, -0.15) is 0 Å². The summed E-state index contributed by atoms with van der Waals surface area (Å²) in [5.41, 5.74) is 1.98. The van der Waals surface area contributed by atoms with Gasteiger partial charge >= 0.3 is 5.97 Å². The van der Waals surface area contributed by atoms with Crippen molar-refractivity contribution in [1.82, 2.24) is 10.6 Å². The molecule has 0 aromatic heterocycles. The van der Waals surface area contributed by atoms with Gasteiger partial charge in [-0.15, -0.1) is 0 Å². The van der Waals surface area contributed by atoms with E-state index in [-0.39, 0.29) is 11.9 Å². The van der Waals surface area contributed by atoms with E-state index in [0.29, 0.717) is 28.0 Å². The van der Waals surface area contributed by atoms with Crippen molar-refractivity contribution in [3.8, 4) is 0 Å². The van der Waals surface area contributed by atoms with Crippen LogP contribution in [-0.2, 0) is 9.53 Å². The number of benzene rings is 1. The van der Waals surface area contributed by atoms with Gasteiger partial charge in [0.2, 0.25) is 0 Å². The summed E-state index contributed by atoms with van der Waals surface area (Å²) >= 11 is 11.5. The lowest BCUT2D eigenvalue weighted by Crippen LogP contribution is -2.45. The minimum atomic E-state index is -0.415. The average molecular weight is 339 g/mol. The molecule has 4 nitrogen and oxygen atoms in total. The number of hydrogen-bond acceptors (Lipinski definition) is 3. The van der Waals surface area contributed by atoms with Gasteiger partial charge in [0, 0.05) is 10.7 Å². The highest BCUT2D eigenvalue weighted by atomic mass is 35.5. The number of halogens is 1. The quantitative estimate of drug-likeness (QED) is 0.651. The minimum Gasteiger partial charge on any atom is -0.462 e. The summed E-state index contributed by atoms with van der Waals surface area (Å²) in [5.74, 6) is -0.0900. The molecule has 0 bridgehead atoms. The van der Waals surface area contributed by atoms with Gasteiger partial charge in [-0.05, 0) is 36.7 Å². The molecule has 1 aliphatic rings. The summed E-state index contributed by atoms with van der Waals surface area (Å²) < 4.78 is 5.38. The average Bonchev–Trinajstić information content (AvgIpc) is 2.44. The summed E-state index contributed by atoms with van der Waals surface area (Å²) in [5, 5.41) is 7.11. The van der Waals surface area contributed by atoms with Gasteiger partial charge in [0.15, 0.2) is 5.11 Å². The molecule has 0 saturated carbocycles. The van der Waals surface area contributed by atoms with E-state index < -0.39 is 6.04 Å². The lowest BCUT2D eigenvalue weighted by atomic mass is 9.95. The monoisotopic (exact) mass is 338 g/mol. The van der Waals surface area contributed by atoms with Crippen LogP contribution in [0, 0.1) is 5.92 Å². The van der Waals surface area contributed by atoms with Gasteiger partial charge in [0.1, 0.15) is 0 Å². The maximum Gasteiger partial charge on any atom is 0.338 e. The molecule has 6 heteroatoms. The molecule has 0 fully saturated rings. The summed E-state index contributed by atoms with van der Waals surface area (Å²) in [7, 11) is 0. The summed E-state index contributed by atoms with van der Waals surface area (Å²) in [6.07, 6.45) is 0. The molecule has 1 aromatic carbocycles. The zero-order valence-electron chi connectivity index (χ0n) is 12.8. The van der Waals surface area contributed by atoms with Gasteiger partial charge in [0.25, 0.3) is 0 Å². The van der Waals surface area contributed by atoms with Crippen molar-refractivity contribution < 1.29 is 9.53 Å². The third-order valence-corrected chi connectivity index (χ3v) is 3.82. The number of rotatable bonds is 4. The molecular weight excluding hydrogens is 320 g/mol. The van der Waals surface area contributed by atoms with Gasteiger partial charge < -0.3 is 15.4 Å². The van der Waals surface area contributed by atoms with E-state index in [0.717, 1.165) is 5.56 Å². The lowest BCUT2D eigenvalue weighted by Gasteiger charge is -2.30. The number of allylic oxidation sites excluding steroid dienone is 1. The number of thiocarbonyl (C=S) groups is 1. The van der Waals surface area contributed by atoms with Crippen molar-refractivity contribution >= 4 is 34.9 Å². The van der Waals surface area contributed by atoms with Crippen LogP contribution in [0.2, 0.25) is 5.02 Å². The number of nitrogens with one attached hydrogen (secondary N) is 2. The van der Waals surface area contributed by atoms with Gasteiger partial charge in [-0.1, -0.05) is 43.6 Å². The Kier molecular flexibility index (Phi) is 5.42. The van der Waals surface area contributed by atoms with Gasteiger partial charge in [-0.25, -0.2) is 4.79 Å². The largest absolute Gasteiger partial charge is 0.462 e. The number of ether oxygens (including phenoxy) is 1. The zero-order chi connectivity index (χ0) is 16.3. The number of esters is 1. The molecule has 0 aliphatic carbocycles. The number of hydrogen-bond donors (Lipinski definition) is 2. The predicted octanol–water partition coefficient (Wildman–Crippen LogP) is 3.33. The molecule has 0 radical (unpaired) electrons. The molecule has 118 valence electrons. The Balaban J connectivity index is 2.37. The molecule has 1 aliphatic heterocycles. The van der Waals surface area contributed by atoms with Gasteiger partial charge in [-0.3, -0.25) is 0 Å².